The molecule has 412 valence electrons. The molecule has 0 aliphatic heterocycles. The van der Waals surface area contributed by atoms with E-state index in [0.29, 0.717) is 0 Å². The van der Waals surface area contributed by atoms with Crippen LogP contribution in [0, 0.1) is 0 Å². The van der Waals surface area contributed by atoms with Crippen molar-refractivity contribution in [2.45, 2.75) is 0 Å². The summed E-state index contributed by atoms with van der Waals surface area (Å²) in [4.78, 5) is 4.92. The van der Waals surface area contributed by atoms with Crippen LogP contribution in [0.3, 0.4) is 0 Å². The Kier molecular flexibility index (Phi) is 10.1. The van der Waals surface area contributed by atoms with E-state index in [1.807, 2.05) is 23.5 Å². The summed E-state index contributed by atoms with van der Waals surface area (Å²) in [7, 11) is 0. The second-order valence-electron chi connectivity index (χ2n) is 23.8. The smallest absolute Gasteiger partial charge is 0.135 e. The van der Waals surface area contributed by atoms with Crippen molar-refractivity contribution >= 4 is 206 Å². The zero-order valence-corrected chi connectivity index (χ0v) is 48.6. The molecular formula is C84H48N2O2S. The number of benzene rings is 17. The predicted molar refractivity (Wildman–Crippen MR) is 381 cm³/mol. The van der Waals surface area contributed by atoms with Crippen molar-refractivity contribution in [3.63, 3.8) is 0 Å². The van der Waals surface area contributed by atoms with E-state index in [2.05, 4.69) is 289 Å². The molecule has 4 nitrogen and oxygen atoms in total. The van der Waals surface area contributed by atoms with Crippen molar-refractivity contribution in [2.24, 2.45) is 0 Å². The molecule has 0 saturated heterocycles. The van der Waals surface area contributed by atoms with Gasteiger partial charge in [-0.25, -0.2) is 0 Å². The molecule has 5 heteroatoms. The summed E-state index contributed by atoms with van der Waals surface area (Å²) in [6.45, 7) is 0. The maximum Gasteiger partial charge on any atom is 0.135 e. The summed E-state index contributed by atoms with van der Waals surface area (Å²) < 4.78 is 15.4. The van der Waals surface area contributed by atoms with Gasteiger partial charge in [0, 0.05) is 65.5 Å². The van der Waals surface area contributed by atoms with Crippen LogP contribution in [0.5, 0.6) is 0 Å². The number of fused-ring (bicyclic) bond motifs is 27. The highest BCUT2D eigenvalue weighted by molar-refractivity contribution is 7.26. The lowest BCUT2D eigenvalue weighted by Gasteiger charge is -2.27. The van der Waals surface area contributed by atoms with Gasteiger partial charge < -0.3 is 18.6 Å². The van der Waals surface area contributed by atoms with E-state index in [4.69, 9.17) is 8.83 Å². The highest BCUT2D eigenvalue weighted by Crippen LogP contribution is 2.51. The highest BCUT2D eigenvalue weighted by Gasteiger charge is 2.24. The quantitative estimate of drug-likeness (QED) is 0.155. The molecule has 0 bridgehead atoms. The Balaban J connectivity index is 0.805. The van der Waals surface area contributed by atoms with Gasteiger partial charge >= 0.3 is 0 Å². The van der Waals surface area contributed by atoms with Gasteiger partial charge in [-0.2, -0.15) is 0 Å². The molecule has 0 unspecified atom stereocenters. The fraction of sp³-hybridized carbons (Fsp3) is 0. The van der Waals surface area contributed by atoms with Gasteiger partial charge in [-0.05, 0) is 200 Å². The Morgan fingerprint density at radius 2 is 0.483 bits per heavy atom. The molecule has 0 spiro atoms. The van der Waals surface area contributed by atoms with E-state index in [-0.39, 0.29) is 0 Å². The minimum Gasteiger partial charge on any atom is -0.456 e. The molecule has 0 N–H and O–H groups in total. The molecule has 0 atom stereocenters. The molecule has 3 aromatic heterocycles. The van der Waals surface area contributed by atoms with Gasteiger partial charge in [0.1, 0.15) is 22.3 Å². The van der Waals surface area contributed by atoms with Crippen LogP contribution in [-0.4, -0.2) is 0 Å². The fourth-order valence-electron chi connectivity index (χ4n) is 15.2. The van der Waals surface area contributed by atoms with Gasteiger partial charge in [-0.3, -0.25) is 0 Å². The number of hydrogen-bond donors (Lipinski definition) is 0. The average Bonchev–Trinajstić information content (AvgIpc) is 1.77. The van der Waals surface area contributed by atoms with Crippen LogP contribution < -0.4 is 9.80 Å². The third-order valence-electron chi connectivity index (χ3n) is 19.1. The Morgan fingerprint density at radius 1 is 0.191 bits per heavy atom. The molecule has 20 rings (SSSR count). The summed E-state index contributed by atoms with van der Waals surface area (Å²) in [5.41, 5.74) is 9.99. The molecule has 0 fully saturated rings. The molecule has 0 amide bonds. The van der Waals surface area contributed by atoms with Crippen LogP contribution in [0.15, 0.2) is 300 Å². The van der Waals surface area contributed by atoms with E-state index in [0.717, 1.165) is 78.0 Å². The lowest BCUT2D eigenvalue weighted by Crippen LogP contribution is -2.10. The summed E-state index contributed by atoms with van der Waals surface area (Å²) in [5, 5.41) is 29.2. The minimum absolute atomic E-state index is 0.870. The van der Waals surface area contributed by atoms with Crippen LogP contribution in [0.1, 0.15) is 0 Å². The van der Waals surface area contributed by atoms with Crippen LogP contribution in [0.25, 0.3) is 161 Å². The van der Waals surface area contributed by atoms with Crippen molar-refractivity contribution in [3.8, 4) is 0 Å². The van der Waals surface area contributed by atoms with E-state index in [9.17, 15) is 0 Å². The first kappa shape index (κ1) is 48.7. The number of furan rings is 2. The molecule has 3 heterocycles. The zero-order chi connectivity index (χ0) is 58.0. The number of anilines is 6. The van der Waals surface area contributed by atoms with E-state index < -0.39 is 0 Å². The van der Waals surface area contributed by atoms with E-state index in [1.165, 1.54) is 117 Å². The predicted octanol–water partition coefficient (Wildman–Crippen LogP) is 25.2. The Labute approximate surface area is 513 Å². The maximum absolute atomic E-state index is 6.45. The maximum atomic E-state index is 6.45. The Hall–Kier alpha value is -11.5. The topological polar surface area (TPSA) is 32.8 Å². The normalized spacial score (nSPS) is 12.3. The molecule has 0 radical (unpaired) electrons. The van der Waals surface area contributed by atoms with Crippen molar-refractivity contribution in [3.05, 3.63) is 291 Å². The monoisotopic (exact) mass is 1150 g/mol. The van der Waals surface area contributed by atoms with Gasteiger partial charge in [0.25, 0.3) is 0 Å². The van der Waals surface area contributed by atoms with Gasteiger partial charge in [0.05, 0.1) is 10.4 Å². The molecule has 20 aromatic rings. The van der Waals surface area contributed by atoms with Crippen LogP contribution in [-0.2, 0) is 0 Å². The largest absolute Gasteiger partial charge is 0.456 e. The Morgan fingerprint density at radius 3 is 0.910 bits per heavy atom. The molecule has 0 aliphatic rings. The molecular weight excluding hydrogens is 1100 g/mol. The number of para-hydroxylation sites is 2. The molecule has 0 saturated carbocycles. The SMILES string of the molecule is c1ccc2c(c1)oc1ccc(N(c3ccc4c5ccccc5c5ccccc5c4c3)c3ccc4c(c3)c3ccccc3c3cc5c(cc43)sc3c(N(c4ccc6oc7ccccc7c6c4)c4ccc6c7ccccc7c7ccccc7c6c4)cccc35)cc12. The molecule has 17 aromatic carbocycles. The van der Waals surface area contributed by atoms with Crippen LogP contribution in [0.4, 0.5) is 34.1 Å². The second-order valence-corrected chi connectivity index (χ2v) is 24.8. The van der Waals surface area contributed by atoms with E-state index in [1.54, 1.807) is 0 Å². The summed E-state index contributed by atoms with van der Waals surface area (Å²) in [5.74, 6) is 0. The third kappa shape index (κ3) is 7.10. The van der Waals surface area contributed by atoms with Crippen molar-refractivity contribution in [1.82, 2.24) is 0 Å². The second kappa shape index (κ2) is 18.5. The number of rotatable bonds is 6. The van der Waals surface area contributed by atoms with E-state index >= 15 is 0 Å². The standard InChI is InChI=1S/C84H48N2O2S/c1-3-20-58-54(16-1)56-18-5-7-22-60(56)70-42-49(32-37-64(58)70)85(51-35-40-81-75(45-51)67-26-11-13-30-79(67)87-81)50-33-39-66-72(43-50)62-24-9-10-25-63(62)73-47-77-69-28-15-29-78(84(69)89-83(77)48-74(66)73)86(53-36-41-82-76(46-53)68-27-12-14-31-80(68)88-82)52-34-38-65-59-21-4-2-17-55(59)57-19-6-8-23-61(57)71(65)44-52/h1-48H. The summed E-state index contributed by atoms with van der Waals surface area (Å²) in [6.07, 6.45) is 0. The van der Waals surface area contributed by atoms with Crippen molar-refractivity contribution < 1.29 is 8.83 Å². The van der Waals surface area contributed by atoms with Gasteiger partial charge in [-0.15, -0.1) is 11.3 Å². The average molecular weight is 1150 g/mol. The first-order chi connectivity index (χ1) is 44.1. The number of nitrogens with zero attached hydrogens (tertiary/aromatic N) is 2. The minimum atomic E-state index is 0.870. The van der Waals surface area contributed by atoms with Crippen molar-refractivity contribution in [1.29, 1.82) is 0 Å². The lowest BCUT2D eigenvalue weighted by molar-refractivity contribution is 0.668. The number of hydrogen-bond acceptors (Lipinski definition) is 5. The summed E-state index contributed by atoms with van der Waals surface area (Å²) in [6, 6.07) is 108. The summed E-state index contributed by atoms with van der Waals surface area (Å²) >= 11 is 1.88. The number of thiophene rings is 1. The van der Waals surface area contributed by atoms with Gasteiger partial charge in [0.15, 0.2) is 0 Å². The Bertz CT molecular complexity index is 6400. The van der Waals surface area contributed by atoms with Crippen LogP contribution >= 0.6 is 11.3 Å². The first-order valence-electron chi connectivity index (χ1n) is 30.4. The third-order valence-corrected chi connectivity index (χ3v) is 20.3. The van der Waals surface area contributed by atoms with Gasteiger partial charge in [0.2, 0.25) is 0 Å². The molecule has 0 aliphatic carbocycles. The van der Waals surface area contributed by atoms with Crippen molar-refractivity contribution in [2.75, 3.05) is 9.80 Å². The zero-order valence-electron chi connectivity index (χ0n) is 47.8. The molecule has 89 heavy (non-hydrogen) atoms. The van der Waals surface area contributed by atoms with Crippen LogP contribution in [0.2, 0.25) is 0 Å². The first-order valence-corrected chi connectivity index (χ1v) is 31.3. The fourth-order valence-corrected chi connectivity index (χ4v) is 16.4. The van der Waals surface area contributed by atoms with Gasteiger partial charge in [-0.1, -0.05) is 188 Å². The lowest BCUT2D eigenvalue weighted by atomic mass is 9.92. The highest BCUT2D eigenvalue weighted by atomic mass is 32.1.